The van der Waals surface area contributed by atoms with E-state index in [-0.39, 0.29) is 5.91 Å². The van der Waals surface area contributed by atoms with Crippen molar-refractivity contribution in [3.63, 3.8) is 0 Å². The number of hydrogen-bond donors (Lipinski definition) is 0. The lowest BCUT2D eigenvalue weighted by Gasteiger charge is -2.22. The van der Waals surface area contributed by atoms with E-state index in [1.165, 1.54) is 0 Å². The van der Waals surface area contributed by atoms with Gasteiger partial charge in [0.1, 0.15) is 0 Å². The summed E-state index contributed by atoms with van der Waals surface area (Å²) in [5.41, 5.74) is 4.16. The van der Waals surface area contributed by atoms with Crippen molar-refractivity contribution in [3.8, 4) is 11.1 Å². The molecule has 0 spiro atoms. The van der Waals surface area contributed by atoms with Crippen LogP contribution in [0.1, 0.15) is 51.5 Å². The summed E-state index contributed by atoms with van der Waals surface area (Å²) in [4.78, 5) is 20.0. The fraction of sp³-hybridized carbons (Fsp3) is 0.407. The fourth-order valence-electron chi connectivity index (χ4n) is 4.57. The standard InChI is InChI=1S/C27H33N3O3S/c1-3-14-29(15-4-2)27(31)24-12-13-28-26-20-22(10-11-23(26)18-24)21-8-7-9-25(19-21)34(32,33)30-16-5-6-17-30/h7-11,13,18-20H,3-6,12,14-17H2,1-2H3. The number of hydrogen-bond acceptors (Lipinski definition) is 4. The van der Waals surface area contributed by atoms with Gasteiger partial charge in [-0.1, -0.05) is 38.1 Å². The van der Waals surface area contributed by atoms with E-state index in [9.17, 15) is 13.2 Å². The predicted molar refractivity (Wildman–Crippen MR) is 138 cm³/mol. The number of carbonyl (C=O) groups excluding carboxylic acids is 1. The van der Waals surface area contributed by atoms with Crippen LogP contribution in [0.25, 0.3) is 17.2 Å². The summed E-state index contributed by atoms with van der Waals surface area (Å²) in [6, 6.07) is 13.0. The molecular formula is C27H33N3O3S. The highest BCUT2D eigenvalue weighted by atomic mass is 32.2. The third kappa shape index (κ3) is 5.15. The van der Waals surface area contributed by atoms with Crippen LogP contribution < -0.4 is 0 Å². The lowest BCUT2D eigenvalue weighted by atomic mass is 10.0. The highest BCUT2D eigenvalue weighted by Gasteiger charge is 2.27. The van der Waals surface area contributed by atoms with Crippen molar-refractivity contribution in [2.24, 2.45) is 4.99 Å². The van der Waals surface area contributed by atoms with Crippen LogP contribution in [0.4, 0.5) is 5.69 Å². The van der Waals surface area contributed by atoms with E-state index < -0.39 is 10.0 Å². The maximum absolute atomic E-state index is 13.1. The molecule has 0 bridgehead atoms. The van der Waals surface area contributed by atoms with Gasteiger partial charge in [-0.15, -0.1) is 0 Å². The maximum atomic E-state index is 13.1. The molecule has 1 fully saturated rings. The summed E-state index contributed by atoms with van der Waals surface area (Å²) in [5, 5.41) is 0. The molecule has 34 heavy (non-hydrogen) atoms. The Labute approximate surface area is 203 Å². The quantitative estimate of drug-likeness (QED) is 0.517. The molecule has 1 amide bonds. The summed E-state index contributed by atoms with van der Waals surface area (Å²) in [5.74, 6) is 0.0758. The predicted octanol–water partition coefficient (Wildman–Crippen LogP) is 5.28. The summed E-state index contributed by atoms with van der Waals surface area (Å²) >= 11 is 0. The molecule has 0 aliphatic carbocycles. The highest BCUT2D eigenvalue weighted by molar-refractivity contribution is 7.89. The molecule has 2 aliphatic rings. The molecule has 180 valence electrons. The van der Waals surface area contributed by atoms with Gasteiger partial charge in [0.25, 0.3) is 0 Å². The van der Waals surface area contributed by atoms with Gasteiger partial charge in [-0.2, -0.15) is 4.31 Å². The average molecular weight is 480 g/mol. The second-order valence-electron chi connectivity index (χ2n) is 8.89. The van der Waals surface area contributed by atoms with Crippen molar-refractivity contribution in [2.75, 3.05) is 26.2 Å². The van der Waals surface area contributed by atoms with Gasteiger partial charge in [0, 0.05) is 50.0 Å². The number of fused-ring (bicyclic) bond motifs is 1. The minimum absolute atomic E-state index is 0.0758. The molecule has 0 aromatic heterocycles. The Morgan fingerprint density at radius 2 is 1.71 bits per heavy atom. The summed E-state index contributed by atoms with van der Waals surface area (Å²) in [6.45, 7) is 6.85. The lowest BCUT2D eigenvalue weighted by molar-refractivity contribution is -0.127. The first kappa shape index (κ1) is 24.4. The molecule has 6 nitrogen and oxygen atoms in total. The lowest BCUT2D eigenvalue weighted by Crippen LogP contribution is -2.33. The number of rotatable bonds is 8. The van der Waals surface area contributed by atoms with Crippen molar-refractivity contribution in [1.29, 1.82) is 0 Å². The average Bonchev–Trinajstić information content (AvgIpc) is 3.31. The monoisotopic (exact) mass is 479 g/mol. The van der Waals surface area contributed by atoms with Crippen LogP contribution >= 0.6 is 0 Å². The Hall–Kier alpha value is -2.77. The van der Waals surface area contributed by atoms with E-state index in [4.69, 9.17) is 0 Å². The molecule has 0 atom stereocenters. The Bertz CT molecular complexity index is 1210. The van der Waals surface area contributed by atoms with E-state index >= 15 is 0 Å². The zero-order chi connectivity index (χ0) is 24.1. The van der Waals surface area contributed by atoms with Gasteiger partial charge in [0.05, 0.1) is 10.6 Å². The molecule has 4 rings (SSSR count). The largest absolute Gasteiger partial charge is 0.339 e. The van der Waals surface area contributed by atoms with E-state index in [2.05, 4.69) is 18.8 Å². The topological polar surface area (TPSA) is 70.1 Å². The normalized spacial score (nSPS) is 16.1. The number of amides is 1. The van der Waals surface area contributed by atoms with Gasteiger partial charge in [-0.05, 0) is 61.1 Å². The van der Waals surface area contributed by atoms with Crippen molar-refractivity contribution in [2.45, 2.75) is 50.8 Å². The van der Waals surface area contributed by atoms with E-state index in [1.54, 1.807) is 28.7 Å². The van der Waals surface area contributed by atoms with Gasteiger partial charge >= 0.3 is 0 Å². The van der Waals surface area contributed by atoms with Gasteiger partial charge in [-0.3, -0.25) is 9.79 Å². The third-order valence-corrected chi connectivity index (χ3v) is 8.22. The molecule has 0 unspecified atom stereocenters. The molecule has 2 aromatic carbocycles. The van der Waals surface area contributed by atoms with Gasteiger partial charge in [0.15, 0.2) is 0 Å². The Morgan fingerprint density at radius 3 is 2.41 bits per heavy atom. The fourth-order valence-corrected chi connectivity index (χ4v) is 6.13. The van der Waals surface area contributed by atoms with Crippen LogP contribution in [-0.4, -0.2) is 55.9 Å². The molecule has 2 aromatic rings. The first-order valence-corrected chi connectivity index (χ1v) is 13.6. The number of aliphatic imine (C=N–C) groups is 1. The van der Waals surface area contributed by atoms with Crippen molar-refractivity contribution < 1.29 is 13.2 Å². The molecule has 2 aliphatic heterocycles. The zero-order valence-electron chi connectivity index (χ0n) is 20.0. The van der Waals surface area contributed by atoms with Gasteiger partial charge in [0.2, 0.25) is 15.9 Å². The first-order valence-electron chi connectivity index (χ1n) is 12.2. The molecule has 0 N–H and O–H groups in total. The van der Waals surface area contributed by atoms with Crippen molar-refractivity contribution >= 4 is 33.9 Å². The highest BCUT2D eigenvalue weighted by Crippen LogP contribution is 2.33. The van der Waals surface area contributed by atoms with E-state index in [0.29, 0.717) is 24.4 Å². The molecule has 0 saturated carbocycles. The van der Waals surface area contributed by atoms with Crippen LogP contribution in [0, 0.1) is 0 Å². The van der Waals surface area contributed by atoms with Crippen LogP contribution in [0.2, 0.25) is 0 Å². The molecule has 0 radical (unpaired) electrons. The summed E-state index contributed by atoms with van der Waals surface area (Å²) in [7, 11) is -3.47. The number of sulfonamides is 1. The zero-order valence-corrected chi connectivity index (χ0v) is 20.9. The van der Waals surface area contributed by atoms with Crippen LogP contribution in [-0.2, 0) is 14.8 Å². The maximum Gasteiger partial charge on any atom is 0.250 e. The summed E-state index contributed by atoms with van der Waals surface area (Å²) < 4.78 is 27.6. The third-order valence-electron chi connectivity index (χ3n) is 6.32. The Morgan fingerprint density at radius 1 is 1.00 bits per heavy atom. The van der Waals surface area contributed by atoms with Crippen LogP contribution in [0.5, 0.6) is 0 Å². The number of benzene rings is 2. The van der Waals surface area contributed by atoms with Gasteiger partial charge in [-0.25, -0.2) is 8.42 Å². The van der Waals surface area contributed by atoms with Crippen LogP contribution in [0.15, 0.2) is 57.9 Å². The summed E-state index contributed by atoms with van der Waals surface area (Å²) in [6.07, 6.45) is 7.92. The molecule has 2 heterocycles. The van der Waals surface area contributed by atoms with Crippen molar-refractivity contribution in [3.05, 3.63) is 53.6 Å². The molecule has 7 heteroatoms. The molecular weight excluding hydrogens is 446 g/mol. The second-order valence-corrected chi connectivity index (χ2v) is 10.8. The SMILES string of the molecule is CCCN(CCC)C(=O)C1=Cc2ccc(-c3cccc(S(=O)(=O)N4CCCC4)c3)cc2N=CC1. The minimum Gasteiger partial charge on any atom is -0.339 e. The number of carbonyl (C=O) groups is 1. The first-order chi connectivity index (χ1) is 16.4. The smallest absolute Gasteiger partial charge is 0.250 e. The van der Waals surface area contributed by atoms with Crippen LogP contribution in [0.3, 0.4) is 0 Å². The number of nitrogens with zero attached hydrogens (tertiary/aromatic N) is 3. The second kappa shape index (κ2) is 10.7. The minimum atomic E-state index is -3.47. The van der Waals surface area contributed by atoms with E-state index in [0.717, 1.165) is 66.7 Å². The van der Waals surface area contributed by atoms with E-state index in [1.807, 2.05) is 35.2 Å². The Balaban J connectivity index is 1.63. The molecule has 1 saturated heterocycles. The van der Waals surface area contributed by atoms with Crippen molar-refractivity contribution in [1.82, 2.24) is 9.21 Å². The Kier molecular flexibility index (Phi) is 7.63. The van der Waals surface area contributed by atoms with Gasteiger partial charge < -0.3 is 4.90 Å².